The van der Waals surface area contributed by atoms with Gasteiger partial charge in [-0.1, -0.05) is 17.9 Å². The summed E-state index contributed by atoms with van der Waals surface area (Å²) < 4.78 is 14.0. The number of hydrogen-bond acceptors (Lipinski definition) is 6. The van der Waals surface area contributed by atoms with E-state index in [0.29, 0.717) is 29.7 Å². The van der Waals surface area contributed by atoms with Gasteiger partial charge in [0.25, 0.3) is 0 Å². The van der Waals surface area contributed by atoms with Crippen LogP contribution in [0.4, 0.5) is 4.79 Å². The number of carbonyl (C=O) groups is 3. The molecular formula is C24H28N4O6. The van der Waals surface area contributed by atoms with Crippen molar-refractivity contribution in [2.75, 3.05) is 19.7 Å². The SMILES string of the molecule is Cn1c(=O)n(C2CCC(=O)NC2=O)c2cccc(C#C[C@@H]3CN(C(=O)OC(C)(C)C)CCO3)c21. The Balaban J connectivity index is 1.62. The number of fused-ring (bicyclic) bond motifs is 1. The highest BCUT2D eigenvalue weighted by Crippen LogP contribution is 2.24. The van der Waals surface area contributed by atoms with Crippen LogP contribution in [0.1, 0.15) is 45.2 Å². The van der Waals surface area contributed by atoms with Gasteiger partial charge in [-0.25, -0.2) is 9.59 Å². The number of carbonyl (C=O) groups excluding carboxylic acids is 3. The van der Waals surface area contributed by atoms with Crippen molar-refractivity contribution >= 4 is 28.9 Å². The molecule has 2 aliphatic heterocycles. The largest absolute Gasteiger partial charge is 0.444 e. The molecule has 2 aliphatic rings. The van der Waals surface area contributed by atoms with E-state index in [2.05, 4.69) is 17.2 Å². The molecule has 2 aromatic rings. The molecule has 2 atom stereocenters. The van der Waals surface area contributed by atoms with Gasteiger partial charge < -0.3 is 14.4 Å². The minimum absolute atomic E-state index is 0.173. The number of ether oxygens (including phenoxy) is 2. The summed E-state index contributed by atoms with van der Waals surface area (Å²) in [5.74, 6) is 5.32. The van der Waals surface area contributed by atoms with Crippen molar-refractivity contribution in [1.29, 1.82) is 0 Å². The van der Waals surface area contributed by atoms with Crippen LogP contribution in [0, 0.1) is 11.8 Å². The van der Waals surface area contributed by atoms with Gasteiger partial charge in [0, 0.05) is 20.0 Å². The molecule has 0 saturated carbocycles. The average molecular weight is 469 g/mol. The number of hydrogen-bond donors (Lipinski definition) is 1. The molecule has 34 heavy (non-hydrogen) atoms. The van der Waals surface area contributed by atoms with Crippen LogP contribution in [0.5, 0.6) is 0 Å². The fourth-order valence-corrected chi connectivity index (χ4v) is 4.16. The minimum atomic E-state index is -0.763. The molecule has 4 rings (SSSR count). The van der Waals surface area contributed by atoms with E-state index in [1.807, 2.05) is 20.8 Å². The van der Waals surface area contributed by atoms with Crippen molar-refractivity contribution in [3.05, 3.63) is 34.2 Å². The normalized spacial score (nSPS) is 21.1. The van der Waals surface area contributed by atoms with Crippen LogP contribution in [0.25, 0.3) is 11.0 Å². The second-order valence-electron chi connectivity index (χ2n) is 9.41. The van der Waals surface area contributed by atoms with E-state index in [0.717, 1.165) is 0 Å². The van der Waals surface area contributed by atoms with Gasteiger partial charge in [0.15, 0.2) is 0 Å². The molecule has 0 bridgehead atoms. The molecule has 1 unspecified atom stereocenters. The Hall–Kier alpha value is -3.58. The summed E-state index contributed by atoms with van der Waals surface area (Å²) in [6, 6.07) is 4.55. The van der Waals surface area contributed by atoms with E-state index in [1.54, 1.807) is 30.1 Å². The van der Waals surface area contributed by atoms with Gasteiger partial charge in [0.1, 0.15) is 17.7 Å². The third-order valence-electron chi connectivity index (χ3n) is 5.71. The zero-order valence-electron chi connectivity index (χ0n) is 19.7. The number of imide groups is 1. The van der Waals surface area contributed by atoms with Crippen LogP contribution < -0.4 is 11.0 Å². The third kappa shape index (κ3) is 4.70. The van der Waals surface area contributed by atoms with E-state index in [1.165, 1.54) is 9.13 Å². The number of nitrogens with one attached hydrogen (secondary N) is 1. The standard InChI is InChI=1S/C24H28N4O6/c1-24(2,3)34-23(32)27-12-13-33-16(14-27)9-8-15-6-5-7-17-20(15)26(4)22(31)28(17)18-10-11-19(29)25-21(18)30/h5-7,16,18H,10-14H2,1-4H3,(H,25,29,30)/t16-,18?/m1/s1. The summed E-state index contributed by atoms with van der Waals surface area (Å²) in [5, 5.41) is 2.31. The van der Waals surface area contributed by atoms with E-state index in [-0.39, 0.29) is 31.0 Å². The maximum Gasteiger partial charge on any atom is 0.410 e. The number of rotatable bonds is 1. The molecule has 10 nitrogen and oxygen atoms in total. The van der Waals surface area contributed by atoms with Gasteiger partial charge in [-0.2, -0.15) is 0 Å². The van der Waals surface area contributed by atoms with Gasteiger partial charge in [-0.15, -0.1) is 0 Å². The van der Waals surface area contributed by atoms with Crippen molar-refractivity contribution in [3.63, 3.8) is 0 Å². The number of aryl methyl sites for hydroxylation is 1. The fourth-order valence-electron chi connectivity index (χ4n) is 4.16. The first kappa shape index (κ1) is 23.6. The Labute approximate surface area is 196 Å². The number of aromatic nitrogens is 2. The van der Waals surface area contributed by atoms with Crippen LogP contribution >= 0.6 is 0 Å². The molecule has 2 fully saturated rings. The second kappa shape index (κ2) is 8.99. The Morgan fingerprint density at radius 2 is 2.00 bits per heavy atom. The number of imidazole rings is 1. The van der Waals surface area contributed by atoms with Gasteiger partial charge in [0.2, 0.25) is 11.8 Å². The van der Waals surface area contributed by atoms with Gasteiger partial charge >= 0.3 is 11.8 Å². The van der Waals surface area contributed by atoms with Gasteiger partial charge in [-0.3, -0.25) is 24.0 Å². The summed E-state index contributed by atoms with van der Waals surface area (Å²) >= 11 is 0. The lowest BCUT2D eigenvalue weighted by Crippen LogP contribution is -2.47. The highest BCUT2D eigenvalue weighted by molar-refractivity contribution is 6.00. The quantitative estimate of drug-likeness (QED) is 0.499. The monoisotopic (exact) mass is 468 g/mol. The van der Waals surface area contributed by atoms with Crippen molar-refractivity contribution in [2.45, 2.75) is 51.4 Å². The van der Waals surface area contributed by atoms with Crippen LogP contribution in [0.15, 0.2) is 23.0 Å². The first-order chi connectivity index (χ1) is 16.0. The zero-order chi connectivity index (χ0) is 24.6. The maximum absolute atomic E-state index is 13.0. The summed E-state index contributed by atoms with van der Waals surface area (Å²) in [6.45, 7) is 6.48. The molecule has 0 radical (unpaired) electrons. The van der Waals surface area contributed by atoms with E-state index < -0.39 is 29.7 Å². The second-order valence-corrected chi connectivity index (χ2v) is 9.41. The highest BCUT2D eigenvalue weighted by Gasteiger charge is 2.32. The fraction of sp³-hybridized carbons (Fsp3) is 0.500. The minimum Gasteiger partial charge on any atom is -0.444 e. The first-order valence-corrected chi connectivity index (χ1v) is 11.2. The molecular weight excluding hydrogens is 440 g/mol. The van der Waals surface area contributed by atoms with Gasteiger partial charge in [0.05, 0.1) is 29.7 Å². The Bertz CT molecular complexity index is 1270. The summed E-state index contributed by atoms with van der Waals surface area (Å²) in [6.07, 6.45) is -0.485. The lowest BCUT2D eigenvalue weighted by Gasteiger charge is -2.32. The molecule has 3 heterocycles. The summed E-state index contributed by atoms with van der Waals surface area (Å²) in [4.78, 5) is 51.0. The predicted octanol–water partition coefficient (Wildman–Crippen LogP) is 1.31. The van der Waals surface area contributed by atoms with Gasteiger partial charge in [-0.05, 0) is 39.3 Å². The average Bonchev–Trinajstić information content (AvgIpc) is 3.02. The smallest absolute Gasteiger partial charge is 0.410 e. The van der Waals surface area contributed by atoms with Crippen molar-refractivity contribution in [3.8, 4) is 11.8 Å². The van der Waals surface area contributed by atoms with Crippen LogP contribution in [-0.4, -0.2) is 63.3 Å². The van der Waals surface area contributed by atoms with Crippen LogP contribution in [0.2, 0.25) is 0 Å². The summed E-state index contributed by atoms with van der Waals surface area (Å²) in [5.41, 5.74) is 0.801. The number of nitrogens with zero attached hydrogens (tertiary/aromatic N) is 3. The number of morpholine rings is 1. The molecule has 0 aliphatic carbocycles. The molecule has 180 valence electrons. The zero-order valence-corrected chi connectivity index (χ0v) is 19.7. The highest BCUT2D eigenvalue weighted by atomic mass is 16.6. The molecule has 1 aromatic carbocycles. The molecule has 2 saturated heterocycles. The molecule has 0 spiro atoms. The van der Waals surface area contributed by atoms with E-state index >= 15 is 0 Å². The molecule has 10 heteroatoms. The lowest BCUT2D eigenvalue weighted by atomic mass is 10.1. The van der Waals surface area contributed by atoms with Crippen LogP contribution in [0.3, 0.4) is 0 Å². The topological polar surface area (TPSA) is 112 Å². The van der Waals surface area contributed by atoms with Crippen LogP contribution in [-0.2, 0) is 26.1 Å². The van der Waals surface area contributed by atoms with Crippen molar-refractivity contribution < 1.29 is 23.9 Å². The number of benzene rings is 1. The third-order valence-corrected chi connectivity index (χ3v) is 5.71. The number of piperidine rings is 1. The van der Waals surface area contributed by atoms with E-state index in [4.69, 9.17) is 9.47 Å². The van der Waals surface area contributed by atoms with Crippen molar-refractivity contribution in [2.24, 2.45) is 7.05 Å². The Morgan fingerprint density at radius 3 is 2.71 bits per heavy atom. The molecule has 1 N–H and O–H groups in total. The Kier molecular flexibility index (Phi) is 6.23. The lowest BCUT2D eigenvalue weighted by molar-refractivity contribution is -0.135. The number of amides is 3. The Morgan fingerprint density at radius 1 is 1.24 bits per heavy atom. The predicted molar refractivity (Wildman–Crippen MR) is 123 cm³/mol. The van der Waals surface area contributed by atoms with E-state index in [9.17, 15) is 19.2 Å². The molecule has 3 amide bonds. The maximum atomic E-state index is 13.0. The first-order valence-electron chi connectivity index (χ1n) is 11.2. The van der Waals surface area contributed by atoms with Crippen molar-refractivity contribution in [1.82, 2.24) is 19.4 Å². The number of para-hydroxylation sites is 1. The summed E-state index contributed by atoms with van der Waals surface area (Å²) in [7, 11) is 1.62. The molecule has 1 aromatic heterocycles.